The molecule has 142 valence electrons. The summed E-state index contributed by atoms with van der Waals surface area (Å²) in [4.78, 5) is 27.6. The van der Waals surface area contributed by atoms with Crippen LogP contribution in [0.2, 0.25) is 0 Å². The van der Waals surface area contributed by atoms with Crippen molar-refractivity contribution in [3.63, 3.8) is 0 Å². The Balaban J connectivity index is 1.56. The summed E-state index contributed by atoms with van der Waals surface area (Å²) in [7, 11) is 0. The monoisotopic (exact) mass is 381 g/mol. The largest absolute Gasteiger partial charge is 0.422 e. The highest BCUT2D eigenvalue weighted by Gasteiger charge is 2.30. The SMILES string of the molecule is O=C(c1cc2ccccc2oc1=O)N1Cc2ccccc2C(c2ccccc2)C1. The van der Waals surface area contributed by atoms with Gasteiger partial charge >= 0.3 is 5.63 Å². The molecule has 0 N–H and O–H groups in total. The quantitative estimate of drug-likeness (QED) is 0.478. The van der Waals surface area contributed by atoms with Crippen molar-refractivity contribution in [1.82, 2.24) is 4.90 Å². The van der Waals surface area contributed by atoms with Crippen molar-refractivity contribution in [3.8, 4) is 0 Å². The lowest BCUT2D eigenvalue weighted by Crippen LogP contribution is -2.40. The molecule has 0 saturated carbocycles. The van der Waals surface area contributed by atoms with Gasteiger partial charge in [0.05, 0.1) is 0 Å². The molecule has 0 bridgehead atoms. The van der Waals surface area contributed by atoms with Crippen LogP contribution in [0.15, 0.2) is 94.1 Å². The Morgan fingerprint density at radius 2 is 1.62 bits per heavy atom. The molecule has 4 nitrogen and oxygen atoms in total. The predicted octanol–water partition coefficient (Wildman–Crippen LogP) is 4.58. The van der Waals surface area contributed by atoms with Gasteiger partial charge in [-0.15, -0.1) is 0 Å². The number of amides is 1. The van der Waals surface area contributed by atoms with Gasteiger partial charge in [-0.1, -0.05) is 72.8 Å². The summed E-state index contributed by atoms with van der Waals surface area (Å²) in [5.74, 6) is -0.225. The number of carbonyl (C=O) groups is 1. The van der Waals surface area contributed by atoms with E-state index in [0.717, 1.165) is 16.5 Å². The molecule has 0 saturated heterocycles. The summed E-state index contributed by atoms with van der Waals surface area (Å²) in [6, 6.07) is 27.2. The van der Waals surface area contributed by atoms with Gasteiger partial charge in [0, 0.05) is 24.4 Å². The molecular weight excluding hydrogens is 362 g/mol. The summed E-state index contributed by atoms with van der Waals surface area (Å²) in [5, 5.41) is 0.743. The van der Waals surface area contributed by atoms with Gasteiger partial charge in [-0.2, -0.15) is 0 Å². The Bertz CT molecular complexity index is 1260. The van der Waals surface area contributed by atoms with Gasteiger partial charge in [0.25, 0.3) is 5.91 Å². The number of carbonyl (C=O) groups excluding carboxylic acids is 1. The molecule has 2 heterocycles. The molecule has 4 aromatic rings. The lowest BCUT2D eigenvalue weighted by molar-refractivity contribution is 0.0721. The minimum Gasteiger partial charge on any atom is -0.422 e. The van der Waals surface area contributed by atoms with E-state index in [2.05, 4.69) is 18.2 Å². The zero-order valence-corrected chi connectivity index (χ0v) is 15.7. The van der Waals surface area contributed by atoms with Crippen LogP contribution in [-0.4, -0.2) is 17.4 Å². The summed E-state index contributed by atoms with van der Waals surface area (Å²) < 4.78 is 5.38. The fourth-order valence-corrected chi connectivity index (χ4v) is 4.11. The van der Waals surface area contributed by atoms with Gasteiger partial charge in [0.2, 0.25) is 0 Å². The predicted molar refractivity (Wildman–Crippen MR) is 112 cm³/mol. The molecule has 0 spiro atoms. The average Bonchev–Trinajstić information content (AvgIpc) is 2.78. The van der Waals surface area contributed by atoms with Crippen molar-refractivity contribution in [1.29, 1.82) is 0 Å². The first-order valence-electron chi connectivity index (χ1n) is 9.65. The first-order chi connectivity index (χ1) is 14.2. The second kappa shape index (κ2) is 7.06. The number of para-hydroxylation sites is 1. The summed E-state index contributed by atoms with van der Waals surface area (Å²) in [5.41, 5.74) is 3.46. The van der Waals surface area contributed by atoms with Gasteiger partial charge in [0.15, 0.2) is 0 Å². The van der Waals surface area contributed by atoms with Crippen LogP contribution in [0.4, 0.5) is 0 Å². The molecule has 1 unspecified atom stereocenters. The van der Waals surface area contributed by atoms with E-state index < -0.39 is 5.63 Å². The van der Waals surface area contributed by atoms with Crippen LogP contribution in [0.25, 0.3) is 11.0 Å². The topological polar surface area (TPSA) is 50.5 Å². The number of hydrogen-bond acceptors (Lipinski definition) is 3. The van der Waals surface area contributed by atoms with Crippen LogP contribution < -0.4 is 5.63 Å². The van der Waals surface area contributed by atoms with E-state index in [9.17, 15) is 9.59 Å². The fraction of sp³-hybridized carbons (Fsp3) is 0.120. The van der Waals surface area contributed by atoms with Crippen molar-refractivity contribution in [2.75, 3.05) is 6.54 Å². The number of fused-ring (bicyclic) bond motifs is 2. The molecule has 4 heteroatoms. The molecule has 1 atom stereocenters. The maximum absolute atomic E-state index is 13.3. The molecule has 1 aliphatic heterocycles. The third kappa shape index (κ3) is 3.13. The van der Waals surface area contributed by atoms with E-state index >= 15 is 0 Å². The number of nitrogens with zero attached hydrogens (tertiary/aromatic N) is 1. The average molecular weight is 381 g/mol. The maximum Gasteiger partial charge on any atom is 0.349 e. The maximum atomic E-state index is 13.3. The molecule has 0 fully saturated rings. The summed E-state index contributed by atoms with van der Waals surface area (Å²) in [6.07, 6.45) is 0. The van der Waals surface area contributed by atoms with Crippen LogP contribution in [0.5, 0.6) is 0 Å². The zero-order valence-electron chi connectivity index (χ0n) is 15.7. The first-order valence-corrected chi connectivity index (χ1v) is 9.65. The second-order valence-electron chi connectivity index (χ2n) is 7.33. The van der Waals surface area contributed by atoms with Crippen LogP contribution in [0.1, 0.15) is 33.0 Å². The zero-order chi connectivity index (χ0) is 19.8. The fourth-order valence-electron chi connectivity index (χ4n) is 4.11. The molecule has 3 aromatic carbocycles. The van der Waals surface area contributed by atoms with Crippen molar-refractivity contribution < 1.29 is 9.21 Å². The number of rotatable bonds is 2. The molecule has 0 aliphatic carbocycles. The van der Waals surface area contributed by atoms with Crippen LogP contribution in [0, 0.1) is 0 Å². The van der Waals surface area contributed by atoms with Crippen molar-refractivity contribution >= 4 is 16.9 Å². The van der Waals surface area contributed by atoms with Gasteiger partial charge in [-0.25, -0.2) is 4.79 Å². The smallest absolute Gasteiger partial charge is 0.349 e. The Morgan fingerprint density at radius 1 is 0.897 bits per heavy atom. The van der Waals surface area contributed by atoms with E-state index in [1.54, 1.807) is 23.1 Å². The Morgan fingerprint density at radius 3 is 2.48 bits per heavy atom. The van der Waals surface area contributed by atoms with Crippen LogP contribution in [0.3, 0.4) is 0 Å². The highest BCUT2D eigenvalue weighted by atomic mass is 16.4. The molecule has 1 amide bonds. The highest BCUT2D eigenvalue weighted by molar-refractivity contribution is 5.96. The van der Waals surface area contributed by atoms with Crippen LogP contribution in [-0.2, 0) is 6.54 Å². The minimum atomic E-state index is -0.594. The minimum absolute atomic E-state index is 0.0672. The molecule has 0 radical (unpaired) electrons. The Hall–Kier alpha value is -3.66. The molecule has 1 aromatic heterocycles. The van der Waals surface area contributed by atoms with E-state index in [1.807, 2.05) is 48.5 Å². The molecular formula is C25H19NO3. The normalized spacial score (nSPS) is 15.9. The lowest BCUT2D eigenvalue weighted by atomic mass is 9.84. The Labute approximate surface area is 168 Å². The first kappa shape index (κ1) is 17.4. The van der Waals surface area contributed by atoms with E-state index in [-0.39, 0.29) is 17.4 Å². The molecule has 29 heavy (non-hydrogen) atoms. The summed E-state index contributed by atoms with van der Waals surface area (Å²) in [6.45, 7) is 0.997. The highest BCUT2D eigenvalue weighted by Crippen LogP contribution is 2.34. The van der Waals surface area contributed by atoms with Gasteiger partial charge in [-0.3, -0.25) is 4.79 Å². The lowest BCUT2D eigenvalue weighted by Gasteiger charge is -2.35. The standard InChI is InChI=1S/C25H19NO3/c27-24(21-14-18-10-5-7-13-23(18)29-25(21)28)26-15-19-11-4-6-12-20(19)22(16-26)17-8-2-1-3-9-17/h1-14,22H,15-16H2. The summed E-state index contributed by atoms with van der Waals surface area (Å²) >= 11 is 0. The van der Waals surface area contributed by atoms with Gasteiger partial charge < -0.3 is 9.32 Å². The van der Waals surface area contributed by atoms with Gasteiger partial charge in [0.1, 0.15) is 11.1 Å². The van der Waals surface area contributed by atoms with Crippen molar-refractivity contribution in [3.05, 3.63) is 118 Å². The molecule has 5 rings (SSSR count). The van der Waals surface area contributed by atoms with Crippen LogP contribution >= 0.6 is 0 Å². The Kier molecular flexibility index (Phi) is 4.24. The third-order valence-corrected chi connectivity index (χ3v) is 5.56. The van der Waals surface area contributed by atoms with E-state index in [4.69, 9.17) is 4.42 Å². The van der Waals surface area contributed by atoms with Crippen molar-refractivity contribution in [2.45, 2.75) is 12.5 Å². The van der Waals surface area contributed by atoms with Crippen molar-refractivity contribution in [2.24, 2.45) is 0 Å². The number of hydrogen-bond donors (Lipinski definition) is 0. The number of benzene rings is 3. The molecule has 1 aliphatic rings. The second-order valence-corrected chi connectivity index (χ2v) is 7.33. The van der Waals surface area contributed by atoms with E-state index in [0.29, 0.717) is 18.7 Å². The third-order valence-electron chi connectivity index (χ3n) is 5.56. The van der Waals surface area contributed by atoms with E-state index in [1.165, 1.54) is 5.56 Å². The van der Waals surface area contributed by atoms with Gasteiger partial charge in [-0.05, 0) is 28.8 Å².